The lowest BCUT2D eigenvalue weighted by molar-refractivity contribution is -0.199. The Morgan fingerprint density at radius 1 is 1.00 bits per heavy atom. The lowest BCUT2D eigenvalue weighted by Gasteiger charge is -2.64. The Balaban J connectivity index is 1.13. The smallest absolute Gasteiger partial charge is 0.444 e. The maximum Gasteiger partial charge on any atom is 0.481 e. The Morgan fingerprint density at radius 3 is 2.45 bits per heavy atom. The van der Waals surface area contributed by atoms with Crippen LogP contribution >= 0.6 is 0 Å². The zero-order valence-corrected chi connectivity index (χ0v) is 33.3. The number of hydrogen-bond donors (Lipinski definition) is 2. The van der Waals surface area contributed by atoms with Gasteiger partial charge in [-0.1, -0.05) is 63.1 Å². The topological polar surface area (TPSA) is 145 Å². The van der Waals surface area contributed by atoms with Crippen LogP contribution in [0.25, 0.3) is 0 Å². The lowest BCUT2D eigenvalue weighted by atomic mass is 9.43. The van der Waals surface area contributed by atoms with Crippen molar-refractivity contribution in [3.63, 3.8) is 0 Å². The molecule has 4 unspecified atom stereocenters. The van der Waals surface area contributed by atoms with Crippen molar-refractivity contribution < 1.29 is 42.7 Å². The van der Waals surface area contributed by atoms with E-state index >= 15 is 0 Å². The summed E-state index contributed by atoms with van der Waals surface area (Å²) in [5, 5.41) is 5.94. The van der Waals surface area contributed by atoms with Crippen LogP contribution in [-0.2, 0) is 46.2 Å². The van der Waals surface area contributed by atoms with Gasteiger partial charge >= 0.3 is 19.3 Å². The normalized spacial score (nSPS) is 33.8. The van der Waals surface area contributed by atoms with Crippen molar-refractivity contribution >= 4 is 31.1 Å². The predicted molar refractivity (Wildman–Crippen MR) is 204 cm³/mol. The molecule has 2 N–H and O–H groups in total. The summed E-state index contributed by atoms with van der Waals surface area (Å²) in [6, 6.07) is 5.71. The molecule has 14 heteroatoms. The summed E-state index contributed by atoms with van der Waals surface area (Å²) in [6.07, 6.45) is 8.29. The number of amides is 4. The first-order chi connectivity index (χ1) is 26.1. The Kier molecular flexibility index (Phi) is 11.3. The third-order valence-electron chi connectivity index (χ3n) is 12.9. The van der Waals surface area contributed by atoms with Gasteiger partial charge in [0.1, 0.15) is 23.8 Å². The van der Waals surface area contributed by atoms with Crippen LogP contribution in [0.3, 0.4) is 0 Å². The van der Waals surface area contributed by atoms with Gasteiger partial charge in [0.25, 0.3) is 0 Å². The summed E-state index contributed by atoms with van der Waals surface area (Å²) >= 11 is 0. The van der Waals surface area contributed by atoms with Gasteiger partial charge in [-0.25, -0.2) is 9.59 Å². The number of carbonyl (C=O) groups is 4. The lowest BCUT2D eigenvalue weighted by Crippen LogP contribution is -2.65. The quantitative estimate of drug-likeness (QED) is 0.310. The van der Waals surface area contributed by atoms with E-state index in [1.807, 2.05) is 30.3 Å². The first-order valence-corrected chi connectivity index (χ1v) is 20.3. The molecule has 13 nitrogen and oxygen atoms in total. The number of hydrogen-bond acceptors (Lipinski definition) is 9. The molecule has 5 fully saturated rings. The highest BCUT2D eigenvalue weighted by Gasteiger charge is 2.68. The summed E-state index contributed by atoms with van der Waals surface area (Å²) in [7, 11) is -0.637. The van der Waals surface area contributed by atoms with Crippen molar-refractivity contribution in [1.82, 2.24) is 20.4 Å². The van der Waals surface area contributed by atoms with E-state index in [9.17, 15) is 19.2 Å². The average molecular weight is 763 g/mol. The second-order valence-corrected chi connectivity index (χ2v) is 18.2. The van der Waals surface area contributed by atoms with Crippen molar-refractivity contribution in [3.05, 3.63) is 47.5 Å². The van der Waals surface area contributed by atoms with Crippen LogP contribution in [0.1, 0.15) is 104 Å². The summed E-state index contributed by atoms with van der Waals surface area (Å²) < 4.78 is 30.9. The van der Waals surface area contributed by atoms with Crippen LogP contribution < -0.4 is 10.6 Å². The Labute approximate surface area is 325 Å². The Hall–Kier alpha value is -3.62. The van der Waals surface area contributed by atoms with Crippen LogP contribution in [0.15, 0.2) is 36.4 Å². The van der Waals surface area contributed by atoms with Gasteiger partial charge < -0.3 is 39.1 Å². The van der Waals surface area contributed by atoms with Crippen LogP contribution in [0.4, 0.5) is 9.59 Å². The monoisotopic (exact) mass is 762 g/mol. The number of alkyl carbamates (subject to hydrolysis) is 1. The molecule has 1 aromatic rings. The van der Waals surface area contributed by atoms with E-state index in [2.05, 4.69) is 37.5 Å². The second kappa shape index (κ2) is 15.7. The summed E-state index contributed by atoms with van der Waals surface area (Å²) in [4.78, 5) is 58.6. The predicted octanol–water partition coefficient (Wildman–Crippen LogP) is 5.29. The molecule has 3 saturated carbocycles. The van der Waals surface area contributed by atoms with Gasteiger partial charge in [-0.05, 0) is 88.2 Å². The standard InChI is InChI=1S/C41H59BN4O9/c1-39(2,3)53-37(49)43-30-25-51-18-14-10-8-7-9-11-17-34(42-54-33-20-28-19-32(40(28,4)5)41(33,6)55-42)44-35(47)31-21-29(24-46(31)36(30)48)52-38(50)45-22-26-15-12-13-16-27(26)23-45/h10,12-16,28-34H,7-9,11,17-25H2,1-6H3,(H,43,49)(H,44,47)/t28?,29-,30-,31+,32?,33?,34-,41?/m1/s1. The molecule has 2 saturated heterocycles. The molecule has 1 aromatic carbocycles. The molecule has 0 spiro atoms. The number of nitrogens with zero attached hydrogens (tertiary/aromatic N) is 2. The number of benzene rings is 1. The SMILES string of the molecule is CC(C)(C)OC(=O)N[C@@H]1COCC=CCCCCC[C@H](B2OC3CC4CC(C4(C)C)C3(C)O2)NC(=O)[C@@H]2C[C@@H](OC(=O)N3Cc4ccccc4C3)CN2C1=O. The van der Waals surface area contributed by atoms with E-state index in [-0.39, 0.29) is 43.6 Å². The molecule has 8 atom stereocenters. The minimum atomic E-state index is -1.16. The largest absolute Gasteiger partial charge is 0.481 e. The van der Waals surface area contributed by atoms with Gasteiger partial charge in [-0.3, -0.25) is 14.5 Å². The zero-order valence-electron chi connectivity index (χ0n) is 33.3. The van der Waals surface area contributed by atoms with Crippen LogP contribution in [0.2, 0.25) is 0 Å². The van der Waals surface area contributed by atoms with E-state index in [1.54, 1.807) is 25.7 Å². The fourth-order valence-electron chi connectivity index (χ4n) is 9.75. The molecule has 2 bridgehead atoms. The van der Waals surface area contributed by atoms with E-state index in [0.717, 1.165) is 49.7 Å². The van der Waals surface area contributed by atoms with E-state index in [4.69, 9.17) is 23.5 Å². The van der Waals surface area contributed by atoms with Gasteiger partial charge in [-0.15, -0.1) is 0 Å². The number of rotatable bonds is 3. The highest BCUT2D eigenvalue weighted by atomic mass is 16.7. The van der Waals surface area contributed by atoms with Crippen molar-refractivity contribution in [2.24, 2.45) is 17.3 Å². The first-order valence-electron chi connectivity index (χ1n) is 20.3. The number of carbonyl (C=O) groups excluding carboxylic acids is 4. The molecular formula is C41H59BN4O9. The fraction of sp³-hybridized carbons (Fsp3) is 0.707. The molecule has 8 rings (SSSR count). The number of allylic oxidation sites excluding steroid dienone is 1. The van der Waals surface area contributed by atoms with Gasteiger partial charge in [0.05, 0.1) is 37.4 Å². The van der Waals surface area contributed by atoms with Crippen LogP contribution in [-0.4, -0.2) is 102 Å². The number of fused-ring (bicyclic) bond motifs is 2. The highest BCUT2D eigenvalue weighted by Crippen LogP contribution is 2.65. The molecule has 0 radical (unpaired) electrons. The molecule has 55 heavy (non-hydrogen) atoms. The number of ether oxygens (including phenoxy) is 3. The molecule has 3 aliphatic carbocycles. The molecular weight excluding hydrogens is 703 g/mol. The summed E-state index contributed by atoms with van der Waals surface area (Å²) in [6.45, 7) is 12.9. The zero-order chi connectivity index (χ0) is 39.1. The van der Waals surface area contributed by atoms with E-state index in [0.29, 0.717) is 31.3 Å². The van der Waals surface area contributed by atoms with Gasteiger partial charge in [-0.2, -0.15) is 0 Å². The number of nitrogens with one attached hydrogen (secondary N) is 2. The van der Waals surface area contributed by atoms with E-state index < -0.39 is 60.5 Å². The third-order valence-corrected chi connectivity index (χ3v) is 12.9. The minimum absolute atomic E-state index is 0.0325. The molecule has 4 amide bonds. The Morgan fingerprint density at radius 2 is 1.75 bits per heavy atom. The average Bonchev–Trinajstić information content (AvgIpc) is 3.84. The molecule has 300 valence electrons. The van der Waals surface area contributed by atoms with Gasteiger partial charge in [0.2, 0.25) is 11.8 Å². The van der Waals surface area contributed by atoms with Crippen molar-refractivity contribution in [2.75, 3.05) is 19.8 Å². The maximum atomic E-state index is 14.6. The van der Waals surface area contributed by atoms with Gasteiger partial charge in [0.15, 0.2) is 0 Å². The maximum absolute atomic E-state index is 14.6. The first kappa shape index (κ1) is 39.6. The minimum Gasteiger partial charge on any atom is -0.444 e. The van der Waals surface area contributed by atoms with Crippen LogP contribution in [0.5, 0.6) is 0 Å². The second-order valence-electron chi connectivity index (χ2n) is 18.2. The molecule has 4 heterocycles. The highest BCUT2D eigenvalue weighted by molar-refractivity contribution is 6.48. The Bertz CT molecular complexity index is 1620. The summed E-state index contributed by atoms with van der Waals surface area (Å²) in [5.74, 6) is -0.422. The molecule has 4 aliphatic heterocycles. The summed E-state index contributed by atoms with van der Waals surface area (Å²) in [5.41, 5.74) is 1.03. The van der Waals surface area contributed by atoms with Crippen molar-refractivity contribution in [2.45, 2.75) is 147 Å². The van der Waals surface area contributed by atoms with Crippen molar-refractivity contribution in [1.29, 1.82) is 0 Å². The molecule has 0 aromatic heterocycles. The van der Waals surface area contributed by atoms with E-state index in [1.165, 1.54) is 4.90 Å². The van der Waals surface area contributed by atoms with Crippen molar-refractivity contribution in [3.8, 4) is 0 Å². The van der Waals surface area contributed by atoms with Crippen LogP contribution in [0, 0.1) is 17.3 Å². The molecule has 7 aliphatic rings. The third kappa shape index (κ3) is 8.42. The fourth-order valence-corrected chi connectivity index (χ4v) is 9.75. The van der Waals surface area contributed by atoms with Gasteiger partial charge in [0, 0.05) is 19.5 Å².